The monoisotopic (exact) mass is 344 g/mol. The molecule has 3 rings (SSSR count). The van der Waals surface area contributed by atoms with Gasteiger partial charge in [-0.1, -0.05) is 30.3 Å². The zero-order valence-electron chi connectivity index (χ0n) is 16.3. The molecular weight excluding hydrogens is 312 g/mol. The van der Waals surface area contributed by atoms with Gasteiger partial charge in [0.25, 0.3) is 0 Å². The molecule has 2 fully saturated rings. The summed E-state index contributed by atoms with van der Waals surface area (Å²) in [5.41, 5.74) is 0.937. The highest BCUT2D eigenvalue weighted by atomic mass is 16.6. The minimum Gasteiger partial charge on any atom is -0.444 e. The summed E-state index contributed by atoms with van der Waals surface area (Å²) in [4.78, 5) is 17.0. The molecule has 1 saturated heterocycles. The van der Waals surface area contributed by atoms with Crippen LogP contribution in [0.3, 0.4) is 0 Å². The summed E-state index contributed by atoms with van der Waals surface area (Å²) in [7, 11) is 1.92. The van der Waals surface area contributed by atoms with Crippen molar-refractivity contribution >= 4 is 6.09 Å². The van der Waals surface area contributed by atoms with Crippen molar-refractivity contribution in [3.63, 3.8) is 0 Å². The van der Waals surface area contributed by atoms with E-state index in [2.05, 4.69) is 42.2 Å². The van der Waals surface area contributed by atoms with Gasteiger partial charge in [-0.05, 0) is 65.0 Å². The van der Waals surface area contributed by atoms with Gasteiger partial charge in [0.2, 0.25) is 0 Å². The average molecular weight is 344 g/mol. The average Bonchev–Trinajstić information content (AvgIpc) is 3.22. The number of hydrogen-bond acceptors (Lipinski definition) is 3. The zero-order chi connectivity index (χ0) is 18.2. The third kappa shape index (κ3) is 3.84. The number of benzene rings is 1. The first-order valence-corrected chi connectivity index (χ1v) is 9.49. The molecule has 0 unspecified atom stereocenters. The predicted molar refractivity (Wildman–Crippen MR) is 100 cm³/mol. The third-order valence-electron chi connectivity index (χ3n) is 5.91. The zero-order valence-corrected chi connectivity index (χ0v) is 16.3. The normalized spacial score (nSPS) is 24.0. The lowest BCUT2D eigenvalue weighted by molar-refractivity contribution is 0.0125. The minimum absolute atomic E-state index is 0.00743. The summed E-state index contributed by atoms with van der Waals surface area (Å²) in [6, 6.07) is 11.1. The number of amides is 1. The van der Waals surface area contributed by atoms with Gasteiger partial charge in [0, 0.05) is 19.6 Å². The van der Waals surface area contributed by atoms with Crippen LogP contribution in [0.25, 0.3) is 0 Å². The number of rotatable bonds is 4. The van der Waals surface area contributed by atoms with Crippen LogP contribution in [0.15, 0.2) is 30.3 Å². The molecule has 1 saturated carbocycles. The standard InChI is InChI=1S/C21H32N2O2/c1-16(17-9-7-6-8-10-17)23-14-11-18(15-23)21(12-13-21)22(5)19(24)25-20(2,3)4/h6-10,16,18H,11-15H2,1-5H3/t16-,18+/m0/s1. The van der Waals surface area contributed by atoms with Crippen LogP contribution in [0.2, 0.25) is 0 Å². The topological polar surface area (TPSA) is 32.8 Å². The fourth-order valence-corrected chi connectivity index (χ4v) is 4.18. The summed E-state index contributed by atoms with van der Waals surface area (Å²) in [6.45, 7) is 10.2. The van der Waals surface area contributed by atoms with Crippen LogP contribution in [-0.4, -0.2) is 47.2 Å². The molecule has 0 N–H and O–H groups in total. The van der Waals surface area contributed by atoms with E-state index < -0.39 is 5.60 Å². The van der Waals surface area contributed by atoms with Crippen molar-refractivity contribution in [2.75, 3.05) is 20.1 Å². The molecule has 1 amide bonds. The van der Waals surface area contributed by atoms with Crippen LogP contribution in [0.1, 0.15) is 58.6 Å². The van der Waals surface area contributed by atoms with Gasteiger partial charge >= 0.3 is 6.09 Å². The first-order chi connectivity index (χ1) is 11.7. The Hall–Kier alpha value is -1.55. The van der Waals surface area contributed by atoms with E-state index >= 15 is 0 Å². The molecule has 1 aromatic carbocycles. The van der Waals surface area contributed by atoms with Gasteiger partial charge in [0.1, 0.15) is 5.60 Å². The quantitative estimate of drug-likeness (QED) is 0.808. The smallest absolute Gasteiger partial charge is 0.410 e. The number of nitrogens with zero attached hydrogens (tertiary/aromatic N) is 2. The largest absolute Gasteiger partial charge is 0.444 e. The van der Waals surface area contributed by atoms with E-state index in [9.17, 15) is 4.79 Å². The molecule has 1 heterocycles. The van der Waals surface area contributed by atoms with E-state index in [-0.39, 0.29) is 11.6 Å². The van der Waals surface area contributed by atoms with Crippen molar-refractivity contribution in [1.29, 1.82) is 0 Å². The van der Waals surface area contributed by atoms with Crippen LogP contribution < -0.4 is 0 Å². The van der Waals surface area contributed by atoms with E-state index in [0.717, 1.165) is 32.4 Å². The number of ether oxygens (including phenoxy) is 1. The number of likely N-dealkylation sites (tertiary alicyclic amines) is 1. The summed E-state index contributed by atoms with van der Waals surface area (Å²) < 4.78 is 5.60. The molecule has 4 nitrogen and oxygen atoms in total. The molecule has 138 valence electrons. The Bertz CT molecular complexity index is 604. The van der Waals surface area contributed by atoms with Crippen molar-refractivity contribution in [1.82, 2.24) is 9.80 Å². The second-order valence-electron chi connectivity index (χ2n) is 8.71. The number of carbonyl (C=O) groups excluding carboxylic acids is 1. The Balaban J connectivity index is 1.64. The first kappa shape index (κ1) is 18.2. The van der Waals surface area contributed by atoms with E-state index in [1.807, 2.05) is 32.7 Å². The highest BCUT2D eigenvalue weighted by Gasteiger charge is 2.56. The van der Waals surface area contributed by atoms with Crippen molar-refractivity contribution < 1.29 is 9.53 Å². The molecule has 0 bridgehead atoms. The lowest BCUT2D eigenvalue weighted by Crippen LogP contribution is -2.47. The van der Waals surface area contributed by atoms with E-state index in [1.54, 1.807) is 0 Å². The Morgan fingerprint density at radius 3 is 2.48 bits per heavy atom. The van der Waals surface area contributed by atoms with Crippen LogP contribution >= 0.6 is 0 Å². The lowest BCUT2D eigenvalue weighted by atomic mass is 9.95. The van der Waals surface area contributed by atoms with Crippen LogP contribution in [-0.2, 0) is 4.74 Å². The molecule has 1 aromatic rings. The maximum atomic E-state index is 12.5. The first-order valence-electron chi connectivity index (χ1n) is 9.49. The minimum atomic E-state index is -0.440. The highest BCUT2D eigenvalue weighted by Crippen LogP contribution is 2.51. The lowest BCUT2D eigenvalue weighted by Gasteiger charge is -2.35. The van der Waals surface area contributed by atoms with Gasteiger partial charge < -0.3 is 9.64 Å². The van der Waals surface area contributed by atoms with Crippen LogP contribution in [0.4, 0.5) is 4.79 Å². The summed E-state index contributed by atoms with van der Waals surface area (Å²) in [6.07, 6.45) is 3.17. The van der Waals surface area contributed by atoms with Gasteiger partial charge in [-0.15, -0.1) is 0 Å². The predicted octanol–water partition coefficient (Wildman–Crippen LogP) is 4.47. The molecule has 0 spiro atoms. The van der Waals surface area contributed by atoms with Crippen LogP contribution in [0.5, 0.6) is 0 Å². The Kier molecular flexibility index (Phi) is 4.84. The second kappa shape index (κ2) is 6.64. The summed E-state index contributed by atoms with van der Waals surface area (Å²) in [5.74, 6) is 0.538. The summed E-state index contributed by atoms with van der Waals surface area (Å²) in [5, 5.41) is 0. The van der Waals surface area contributed by atoms with E-state index in [0.29, 0.717) is 12.0 Å². The fraction of sp³-hybridized carbons (Fsp3) is 0.667. The van der Waals surface area contributed by atoms with Crippen LogP contribution in [0, 0.1) is 5.92 Å². The molecule has 0 radical (unpaired) electrons. The third-order valence-corrected chi connectivity index (χ3v) is 5.91. The maximum absolute atomic E-state index is 12.5. The molecule has 2 atom stereocenters. The summed E-state index contributed by atoms with van der Waals surface area (Å²) >= 11 is 0. The molecule has 0 aromatic heterocycles. The van der Waals surface area contributed by atoms with Gasteiger partial charge in [0.15, 0.2) is 0 Å². The number of hydrogen-bond donors (Lipinski definition) is 0. The molecule has 1 aliphatic carbocycles. The molecular formula is C21H32N2O2. The van der Waals surface area contributed by atoms with Crippen molar-refractivity contribution in [3.05, 3.63) is 35.9 Å². The van der Waals surface area contributed by atoms with Crippen molar-refractivity contribution in [2.24, 2.45) is 5.92 Å². The Morgan fingerprint density at radius 1 is 1.28 bits per heavy atom. The van der Waals surface area contributed by atoms with Gasteiger partial charge in [-0.2, -0.15) is 0 Å². The van der Waals surface area contributed by atoms with Gasteiger partial charge in [0.05, 0.1) is 5.54 Å². The van der Waals surface area contributed by atoms with Crippen molar-refractivity contribution in [2.45, 2.75) is 64.1 Å². The van der Waals surface area contributed by atoms with E-state index in [1.165, 1.54) is 5.56 Å². The van der Waals surface area contributed by atoms with E-state index in [4.69, 9.17) is 4.74 Å². The highest BCUT2D eigenvalue weighted by molar-refractivity contribution is 5.69. The Labute approximate surface area is 152 Å². The fourth-order valence-electron chi connectivity index (χ4n) is 4.18. The molecule has 1 aliphatic heterocycles. The van der Waals surface area contributed by atoms with Gasteiger partial charge in [-0.25, -0.2) is 4.79 Å². The van der Waals surface area contributed by atoms with Gasteiger partial charge in [-0.3, -0.25) is 4.90 Å². The molecule has 4 heteroatoms. The van der Waals surface area contributed by atoms with Crippen molar-refractivity contribution in [3.8, 4) is 0 Å². The second-order valence-corrected chi connectivity index (χ2v) is 8.71. The number of carbonyl (C=O) groups is 1. The SMILES string of the molecule is C[C@@H](c1ccccc1)N1CC[C@@H](C2(N(C)C(=O)OC(C)(C)C)CC2)C1. The molecule has 25 heavy (non-hydrogen) atoms. The Morgan fingerprint density at radius 2 is 1.92 bits per heavy atom. The maximum Gasteiger partial charge on any atom is 0.410 e. The molecule has 2 aliphatic rings.